The van der Waals surface area contributed by atoms with Gasteiger partial charge in [0, 0.05) is 118 Å². The predicted octanol–water partition coefficient (Wildman–Crippen LogP) is 2.51. The number of hydrogen-bond acceptors (Lipinski definition) is 2. The molecule has 1 rings (SSSR count). The van der Waals surface area contributed by atoms with Crippen LogP contribution >= 0.6 is 0 Å². The average Bonchev–Trinajstić information content (AvgIpc) is 2.18. The molecule has 1 aromatic rings. The van der Waals surface area contributed by atoms with Gasteiger partial charge in [0.1, 0.15) is 5.78 Å². The molecule has 0 saturated carbocycles. The van der Waals surface area contributed by atoms with E-state index in [1.807, 2.05) is 13.1 Å². The molecule has 0 aliphatic carbocycles. The summed E-state index contributed by atoms with van der Waals surface area (Å²) in [7, 11) is 1.99. The third kappa shape index (κ3) is 9.03. The summed E-state index contributed by atoms with van der Waals surface area (Å²) in [5.41, 5.74) is 3.57. The van der Waals surface area contributed by atoms with Crippen molar-refractivity contribution in [3.63, 3.8) is 0 Å². The van der Waals surface area contributed by atoms with Crippen molar-refractivity contribution in [3.05, 3.63) is 29.3 Å². The first-order valence-corrected chi connectivity index (χ1v) is 5.20. The Morgan fingerprint density at radius 2 is 1.78 bits per heavy atom. The molecule has 0 bridgehead atoms. The third-order valence-electron chi connectivity index (χ3n) is 2.62. The number of ketones is 1. The van der Waals surface area contributed by atoms with Crippen LogP contribution in [0.2, 0.25) is 0 Å². The predicted molar refractivity (Wildman–Crippen MR) is 63.3 cm³/mol. The van der Waals surface area contributed by atoms with Crippen LogP contribution in [0.1, 0.15) is 24.5 Å². The molecule has 5 heteroatoms. The third-order valence-corrected chi connectivity index (χ3v) is 2.62. The second-order valence-electron chi connectivity index (χ2n) is 4.06. The Bertz CT molecular complexity index is 369. The molecule has 0 fully saturated rings. The van der Waals surface area contributed by atoms with E-state index in [4.69, 9.17) is 0 Å². The largest absolute Gasteiger partial charge is 0.396 e. The van der Waals surface area contributed by atoms with Crippen LogP contribution in [0.15, 0.2) is 12.1 Å². The molecule has 0 N–H and O–H groups in total. The van der Waals surface area contributed by atoms with Crippen molar-refractivity contribution in [2.45, 2.75) is 27.2 Å². The molecule has 0 aromatic heterocycles. The van der Waals surface area contributed by atoms with Gasteiger partial charge in [-0.25, -0.2) is 0 Å². The van der Waals surface area contributed by atoms with E-state index in [2.05, 4.69) is 30.9 Å². The molecule has 1 aromatic carbocycles. The summed E-state index contributed by atoms with van der Waals surface area (Å²) in [4.78, 5) is 12.9. The van der Waals surface area contributed by atoms with Crippen LogP contribution in [-0.2, 0) is 103 Å². The van der Waals surface area contributed by atoms with Crippen LogP contribution in [-0.4, -0.2) is 19.4 Å². The van der Waals surface area contributed by atoms with Gasteiger partial charge in [0.25, 0.3) is 0 Å². The van der Waals surface area contributed by atoms with Gasteiger partial charge in [-0.15, -0.1) is 6.07 Å². The summed E-state index contributed by atoms with van der Waals surface area (Å²) >= 11 is 0. The molecular formula is C13H18NOY3-. The Labute approximate surface area is 186 Å². The van der Waals surface area contributed by atoms with Crippen molar-refractivity contribution in [3.8, 4) is 0 Å². The van der Waals surface area contributed by atoms with Crippen molar-refractivity contribution >= 4 is 11.5 Å². The van der Waals surface area contributed by atoms with Crippen molar-refractivity contribution < 1.29 is 103 Å². The van der Waals surface area contributed by atoms with Crippen molar-refractivity contribution in [2.75, 3.05) is 18.5 Å². The fourth-order valence-corrected chi connectivity index (χ4v) is 1.32. The van der Waals surface area contributed by atoms with Crippen molar-refractivity contribution in [1.29, 1.82) is 0 Å². The molecule has 18 heavy (non-hydrogen) atoms. The number of nitrogens with zero attached hydrogens (tertiary/aromatic N) is 1. The molecule has 0 unspecified atom stereocenters. The Kier molecular flexibility index (Phi) is 17.7. The first-order chi connectivity index (χ1) is 7.00. The van der Waals surface area contributed by atoms with Gasteiger partial charge < -0.3 is 4.90 Å². The Hall–Kier alpha value is 2.00. The van der Waals surface area contributed by atoms with E-state index in [0.717, 1.165) is 12.2 Å². The van der Waals surface area contributed by atoms with Gasteiger partial charge in [0.05, 0.1) is 0 Å². The van der Waals surface area contributed by atoms with Crippen LogP contribution in [0, 0.1) is 19.9 Å². The minimum absolute atomic E-state index is 0. The van der Waals surface area contributed by atoms with E-state index < -0.39 is 0 Å². The molecule has 0 atom stereocenters. The summed E-state index contributed by atoms with van der Waals surface area (Å²) in [6.07, 6.45) is 0.595. The van der Waals surface area contributed by atoms with Crippen LogP contribution in [0.3, 0.4) is 0 Å². The zero-order valence-corrected chi connectivity index (χ0v) is 20.2. The number of Topliss-reactive ketones (excluding diaryl/α,β-unsaturated/α-hetero) is 1. The van der Waals surface area contributed by atoms with Crippen molar-refractivity contribution in [1.82, 2.24) is 0 Å². The standard InChI is InChI=1S/C13H18NO.3Y/c1-10-5-6-13(9-11(10)2)14(4)8-7-12(3)15;;;/h5,9H,7-8H2,1-4H3;;;/q-1;;;. The van der Waals surface area contributed by atoms with Crippen LogP contribution in [0.5, 0.6) is 0 Å². The van der Waals surface area contributed by atoms with Gasteiger partial charge in [0.15, 0.2) is 0 Å². The SMILES string of the molecule is CC(=O)CCN(C)c1[c-]cc(C)c(C)c1.[Y].[Y].[Y]. The summed E-state index contributed by atoms with van der Waals surface area (Å²) in [6, 6.07) is 7.32. The quantitative estimate of drug-likeness (QED) is 0.630. The van der Waals surface area contributed by atoms with Crippen LogP contribution < -0.4 is 4.90 Å². The number of aryl methyl sites for hydroxylation is 2. The molecule has 91 valence electrons. The van der Waals surface area contributed by atoms with Crippen LogP contribution in [0.25, 0.3) is 0 Å². The van der Waals surface area contributed by atoms with E-state index in [9.17, 15) is 4.79 Å². The number of anilines is 1. The fraction of sp³-hybridized carbons (Fsp3) is 0.462. The maximum atomic E-state index is 10.9. The topological polar surface area (TPSA) is 20.3 Å². The van der Waals surface area contributed by atoms with Gasteiger partial charge in [-0.3, -0.25) is 4.79 Å². The van der Waals surface area contributed by atoms with E-state index in [1.165, 1.54) is 11.1 Å². The van der Waals surface area contributed by atoms with Gasteiger partial charge in [0.2, 0.25) is 0 Å². The van der Waals surface area contributed by atoms with E-state index in [-0.39, 0.29) is 104 Å². The van der Waals surface area contributed by atoms with Gasteiger partial charge >= 0.3 is 0 Å². The monoisotopic (exact) mass is 471 g/mol. The maximum Gasteiger partial charge on any atom is 0.131 e. The minimum atomic E-state index is 0. The normalized spacial score (nSPS) is 8.44. The van der Waals surface area contributed by atoms with E-state index in [0.29, 0.717) is 6.42 Å². The number of carbonyl (C=O) groups is 1. The minimum Gasteiger partial charge on any atom is -0.396 e. The molecule has 0 aliphatic rings. The molecule has 0 spiro atoms. The van der Waals surface area contributed by atoms with Crippen LogP contribution in [0.4, 0.5) is 5.69 Å². The Balaban J connectivity index is -0.000000750. The summed E-state index contributed by atoms with van der Waals surface area (Å²) in [6.45, 7) is 6.54. The first-order valence-electron chi connectivity index (χ1n) is 5.20. The Morgan fingerprint density at radius 1 is 1.22 bits per heavy atom. The van der Waals surface area contributed by atoms with E-state index >= 15 is 0 Å². The molecule has 3 radical (unpaired) electrons. The molecular weight excluding hydrogens is 453 g/mol. The summed E-state index contributed by atoms with van der Waals surface area (Å²) in [5, 5.41) is 0. The number of benzene rings is 1. The van der Waals surface area contributed by atoms with Gasteiger partial charge in [-0.2, -0.15) is 23.3 Å². The van der Waals surface area contributed by atoms with E-state index in [1.54, 1.807) is 6.92 Å². The molecule has 2 nitrogen and oxygen atoms in total. The fourth-order valence-electron chi connectivity index (χ4n) is 1.32. The summed E-state index contributed by atoms with van der Waals surface area (Å²) in [5.74, 6) is 0.227. The zero-order chi connectivity index (χ0) is 11.4. The maximum absolute atomic E-state index is 10.9. The summed E-state index contributed by atoms with van der Waals surface area (Å²) < 4.78 is 0. The van der Waals surface area contributed by atoms with Gasteiger partial charge in [-0.1, -0.05) is 19.5 Å². The molecule has 0 saturated heterocycles. The zero-order valence-electron chi connectivity index (χ0n) is 11.7. The second kappa shape index (κ2) is 12.7. The number of hydrogen-bond donors (Lipinski definition) is 0. The van der Waals surface area contributed by atoms with Crippen molar-refractivity contribution in [2.24, 2.45) is 0 Å². The first kappa shape index (κ1) is 25.0. The second-order valence-corrected chi connectivity index (χ2v) is 4.06. The smallest absolute Gasteiger partial charge is 0.131 e. The average molecular weight is 471 g/mol. The number of carbonyl (C=O) groups excluding carboxylic acids is 1. The Morgan fingerprint density at radius 3 is 2.22 bits per heavy atom. The molecule has 0 heterocycles. The molecule has 0 aliphatic heterocycles. The van der Waals surface area contributed by atoms with Gasteiger partial charge in [-0.05, 0) is 6.92 Å². The molecule has 0 amide bonds. The number of rotatable bonds is 4.